The minimum Gasteiger partial charge on any atom is -0.478 e. The predicted molar refractivity (Wildman–Crippen MR) is 142 cm³/mol. The van der Waals surface area contributed by atoms with Crippen LogP contribution in [0.25, 0.3) is 0 Å². The van der Waals surface area contributed by atoms with E-state index in [2.05, 4.69) is 10.6 Å². The number of carbonyl (C=O) groups is 4. The fourth-order valence-electron chi connectivity index (χ4n) is 4.24. The summed E-state index contributed by atoms with van der Waals surface area (Å²) in [6.45, 7) is 7.37. The maximum Gasteiger partial charge on any atom is 0.408 e. The van der Waals surface area contributed by atoms with Gasteiger partial charge < -0.3 is 25.4 Å². The summed E-state index contributed by atoms with van der Waals surface area (Å²) in [6.07, 6.45) is 1.84. The summed E-state index contributed by atoms with van der Waals surface area (Å²) < 4.78 is 5.34. The summed E-state index contributed by atoms with van der Waals surface area (Å²) in [5.74, 6) is -0.910. The quantitative estimate of drug-likeness (QED) is 0.455. The van der Waals surface area contributed by atoms with E-state index in [-0.39, 0.29) is 18.0 Å². The molecule has 10 heteroatoms. The maximum atomic E-state index is 13.1. The smallest absolute Gasteiger partial charge is 0.408 e. The van der Waals surface area contributed by atoms with Crippen molar-refractivity contribution in [2.45, 2.75) is 51.7 Å². The van der Waals surface area contributed by atoms with Gasteiger partial charge in [-0.1, -0.05) is 12.1 Å². The van der Waals surface area contributed by atoms with E-state index in [0.717, 1.165) is 17.8 Å². The molecule has 4 rings (SSSR count). The van der Waals surface area contributed by atoms with Crippen molar-refractivity contribution in [1.29, 1.82) is 0 Å². The number of ether oxygens (including phenoxy) is 1. The summed E-state index contributed by atoms with van der Waals surface area (Å²) in [5, 5.41) is 14.4. The van der Waals surface area contributed by atoms with Gasteiger partial charge in [0.1, 0.15) is 11.6 Å². The van der Waals surface area contributed by atoms with Crippen LogP contribution in [0.15, 0.2) is 48.5 Å². The highest BCUT2D eigenvalue weighted by Gasteiger charge is 2.34. The van der Waals surface area contributed by atoms with Gasteiger partial charge in [-0.25, -0.2) is 14.4 Å². The zero-order valence-electron chi connectivity index (χ0n) is 21.9. The van der Waals surface area contributed by atoms with Gasteiger partial charge in [0.15, 0.2) is 0 Å². The summed E-state index contributed by atoms with van der Waals surface area (Å²) in [4.78, 5) is 53.2. The van der Waals surface area contributed by atoms with E-state index in [0.29, 0.717) is 24.7 Å². The molecule has 1 heterocycles. The summed E-state index contributed by atoms with van der Waals surface area (Å²) in [6, 6.07) is 12.2. The van der Waals surface area contributed by atoms with Crippen LogP contribution in [-0.2, 0) is 16.0 Å². The number of nitrogens with zero attached hydrogens (tertiary/aromatic N) is 2. The monoisotopic (exact) mass is 522 g/mol. The van der Waals surface area contributed by atoms with Crippen LogP contribution in [0.3, 0.4) is 0 Å². The van der Waals surface area contributed by atoms with Gasteiger partial charge in [0, 0.05) is 37.4 Å². The first-order chi connectivity index (χ1) is 18.0. The van der Waals surface area contributed by atoms with Crippen molar-refractivity contribution in [2.75, 3.05) is 29.9 Å². The lowest BCUT2D eigenvalue weighted by atomic mass is 10.0. The summed E-state index contributed by atoms with van der Waals surface area (Å²) in [7, 11) is 0. The first-order valence-corrected chi connectivity index (χ1v) is 12.8. The number of hydrogen-bond donors (Lipinski definition) is 3. The van der Waals surface area contributed by atoms with Crippen molar-refractivity contribution in [2.24, 2.45) is 5.92 Å². The molecular weight excluding hydrogens is 488 g/mol. The number of carboxylic acids is 1. The van der Waals surface area contributed by atoms with Crippen molar-refractivity contribution in [1.82, 2.24) is 10.2 Å². The Morgan fingerprint density at radius 3 is 2.26 bits per heavy atom. The highest BCUT2D eigenvalue weighted by atomic mass is 16.6. The fourth-order valence-corrected chi connectivity index (χ4v) is 4.24. The molecule has 0 aromatic heterocycles. The Balaban J connectivity index is 1.44. The Bertz CT molecular complexity index is 1190. The standard InChI is InChI=1S/C28H34N4O6/c1-28(2,3)38-26(36)30-23(24(33)29-21-10-8-20(9-11-21)25(34)35)16-18-6-12-22(13-7-18)32-15-14-31(27(32)37)17-19-4-5-19/h6-13,19,23H,4-5,14-17H2,1-3H3,(H,29,33)(H,30,36)(H,34,35)/t23-/m0/s1. The van der Waals surface area contributed by atoms with Crippen LogP contribution in [0.2, 0.25) is 0 Å². The molecule has 1 atom stereocenters. The van der Waals surface area contributed by atoms with Crippen molar-refractivity contribution in [3.8, 4) is 0 Å². The van der Waals surface area contributed by atoms with Crippen LogP contribution in [-0.4, -0.2) is 65.3 Å². The van der Waals surface area contributed by atoms with Crippen LogP contribution in [0.4, 0.5) is 21.0 Å². The number of rotatable bonds is 9. The normalized spacial score (nSPS) is 16.2. The summed E-state index contributed by atoms with van der Waals surface area (Å²) >= 11 is 0. The number of anilines is 2. The largest absolute Gasteiger partial charge is 0.478 e. The van der Waals surface area contributed by atoms with Gasteiger partial charge in [0.2, 0.25) is 5.91 Å². The molecule has 10 nitrogen and oxygen atoms in total. The van der Waals surface area contributed by atoms with Gasteiger partial charge >= 0.3 is 18.1 Å². The Morgan fingerprint density at radius 2 is 1.68 bits per heavy atom. The third-order valence-corrected chi connectivity index (χ3v) is 6.37. The van der Waals surface area contributed by atoms with E-state index < -0.39 is 29.6 Å². The lowest BCUT2D eigenvalue weighted by Gasteiger charge is -2.24. The zero-order valence-corrected chi connectivity index (χ0v) is 21.9. The number of carbonyl (C=O) groups excluding carboxylic acids is 3. The molecule has 0 bridgehead atoms. The Morgan fingerprint density at radius 1 is 1.03 bits per heavy atom. The van der Waals surface area contributed by atoms with Gasteiger partial charge in [-0.15, -0.1) is 0 Å². The minimum atomic E-state index is -1.07. The highest BCUT2D eigenvalue weighted by molar-refractivity contribution is 5.97. The third-order valence-electron chi connectivity index (χ3n) is 6.37. The lowest BCUT2D eigenvalue weighted by Crippen LogP contribution is -2.47. The van der Waals surface area contributed by atoms with E-state index in [1.165, 1.54) is 37.1 Å². The lowest BCUT2D eigenvalue weighted by molar-refractivity contribution is -0.118. The molecule has 0 spiro atoms. The Kier molecular flexibility index (Phi) is 7.89. The number of urea groups is 1. The number of nitrogens with one attached hydrogen (secondary N) is 2. The topological polar surface area (TPSA) is 128 Å². The maximum absolute atomic E-state index is 13.1. The first-order valence-electron chi connectivity index (χ1n) is 12.8. The van der Waals surface area contributed by atoms with Crippen LogP contribution in [0.5, 0.6) is 0 Å². The molecule has 0 radical (unpaired) electrons. The van der Waals surface area contributed by atoms with Crippen molar-refractivity contribution >= 4 is 35.4 Å². The van der Waals surface area contributed by atoms with E-state index in [4.69, 9.17) is 9.84 Å². The number of hydrogen-bond acceptors (Lipinski definition) is 5. The molecular formula is C28H34N4O6. The Hall–Kier alpha value is -4.08. The average molecular weight is 523 g/mol. The molecule has 2 aromatic carbocycles. The van der Waals surface area contributed by atoms with Gasteiger partial charge in [-0.2, -0.15) is 0 Å². The van der Waals surface area contributed by atoms with Crippen LogP contribution < -0.4 is 15.5 Å². The summed E-state index contributed by atoms with van der Waals surface area (Å²) in [5.41, 5.74) is 1.33. The second kappa shape index (κ2) is 11.1. The predicted octanol–water partition coefficient (Wildman–Crippen LogP) is 4.11. The second-order valence-corrected chi connectivity index (χ2v) is 10.8. The highest BCUT2D eigenvalue weighted by Crippen LogP contribution is 2.31. The van der Waals surface area contributed by atoms with Crippen LogP contribution in [0, 0.1) is 5.92 Å². The second-order valence-electron chi connectivity index (χ2n) is 10.8. The molecule has 202 valence electrons. The number of alkyl carbamates (subject to hydrolysis) is 1. The van der Waals surface area contributed by atoms with Crippen LogP contribution in [0.1, 0.15) is 49.5 Å². The van der Waals surface area contributed by atoms with Crippen molar-refractivity contribution < 1.29 is 29.0 Å². The first kappa shape index (κ1) is 27.0. The molecule has 1 saturated carbocycles. The molecule has 2 aromatic rings. The number of carboxylic acid groups (broad SMARTS) is 1. The average Bonchev–Trinajstić information content (AvgIpc) is 3.60. The van der Waals surface area contributed by atoms with E-state index in [1.54, 1.807) is 25.7 Å². The van der Waals surface area contributed by atoms with Crippen molar-refractivity contribution in [3.63, 3.8) is 0 Å². The van der Waals surface area contributed by atoms with Gasteiger partial charge in [0.25, 0.3) is 0 Å². The van der Waals surface area contributed by atoms with E-state index >= 15 is 0 Å². The fraction of sp³-hybridized carbons (Fsp3) is 0.429. The molecule has 0 unspecified atom stereocenters. The van der Waals surface area contributed by atoms with Crippen molar-refractivity contribution in [3.05, 3.63) is 59.7 Å². The zero-order chi connectivity index (χ0) is 27.4. The molecule has 1 saturated heterocycles. The molecule has 4 amide bonds. The van der Waals surface area contributed by atoms with Gasteiger partial charge in [-0.05, 0) is 81.5 Å². The Labute approximate surface area is 221 Å². The number of amides is 4. The molecule has 38 heavy (non-hydrogen) atoms. The number of aromatic carboxylic acids is 1. The van der Waals surface area contributed by atoms with E-state index in [9.17, 15) is 19.2 Å². The molecule has 2 fully saturated rings. The van der Waals surface area contributed by atoms with E-state index in [1.807, 2.05) is 29.2 Å². The number of benzene rings is 2. The SMILES string of the molecule is CC(C)(C)OC(=O)N[C@@H](Cc1ccc(N2CCN(CC3CC3)C2=O)cc1)C(=O)Nc1ccc(C(=O)O)cc1. The molecule has 2 aliphatic rings. The molecule has 1 aliphatic heterocycles. The minimum absolute atomic E-state index is 0.0161. The third kappa shape index (κ3) is 7.24. The van der Waals surface area contributed by atoms with Crippen LogP contribution >= 0.6 is 0 Å². The van der Waals surface area contributed by atoms with Gasteiger partial charge in [-0.3, -0.25) is 9.69 Å². The van der Waals surface area contributed by atoms with Gasteiger partial charge in [0.05, 0.1) is 5.56 Å². The molecule has 3 N–H and O–H groups in total. The molecule has 1 aliphatic carbocycles.